The number of nitrogens with one attached hydrogen (secondary N) is 1. The normalized spacial score (nSPS) is 13.2. The SMILES string of the molecule is Cc1ccc(C(NN)c2ccc(C(F)(F)F)cc2)cc1C. The molecule has 0 bridgehead atoms. The first-order chi connectivity index (χ1) is 9.82. The molecule has 2 rings (SSSR count). The highest BCUT2D eigenvalue weighted by molar-refractivity contribution is 5.38. The largest absolute Gasteiger partial charge is 0.416 e. The summed E-state index contributed by atoms with van der Waals surface area (Å²) in [5.41, 5.74) is 5.86. The lowest BCUT2D eigenvalue weighted by Gasteiger charge is -2.19. The lowest BCUT2D eigenvalue weighted by atomic mass is 9.95. The Labute approximate surface area is 121 Å². The van der Waals surface area contributed by atoms with Crippen LogP contribution in [0.1, 0.15) is 33.9 Å². The molecule has 3 N–H and O–H groups in total. The summed E-state index contributed by atoms with van der Waals surface area (Å²) < 4.78 is 37.7. The van der Waals surface area contributed by atoms with Gasteiger partial charge in [0.05, 0.1) is 11.6 Å². The number of rotatable bonds is 3. The van der Waals surface area contributed by atoms with Crippen molar-refractivity contribution in [1.29, 1.82) is 0 Å². The van der Waals surface area contributed by atoms with E-state index < -0.39 is 11.7 Å². The zero-order chi connectivity index (χ0) is 15.6. The van der Waals surface area contributed by atoms with E-state index in [0.717, 1.165) is 28.8 Å². The molecule has 0 saturated carbocycles. The summed E-state index contributed by atoms with van der Waals surface area (Å²) in [6.07, 6.45) is -4.33. The molecule has 1 unspecified atom stereocenters. The molecule has 0 spiro atoms. The molecule has 0 aliphatic carbocycles. The van der Waals surface area contributed by atoms with Gasteiger partial charge in [-0.2, -0.15) is 13.2 Å². The molecule has 0 aliphatic rings. The van der Waals surface area contributed by atoms with Gasteiger partial charge in [-0.15, -0.1) is 0 Å². The number of halogens is 3. The molecule has 2 nitrogen and oxygen atoms in total. The van der Waals surface area contributed by atoms with E-state index in [1.807, 2.05) is 32.0 Å². The highest BCUT2D eigenvalue weighted by atomic mass is 19.4. The number of alkyl halides is 3. The molecule has 0 fully saturated rings. The maximum absolute atomic E-state index is 12.6. The Morgan fingerprint density at radius 2 is 1.48 bits per heavy atom. The number of benzene rings is 2. The average Bonchev–Trinajstić information content (AvgIpc) is 2.43. The van der Waals surface area contributed by atoms with Crippen LogP contribution in [0.15, 0.2) is 42.5 Å². The van der Waals surface area contributed by atoms with Crippen LogP contribution in [-0.4, -0.2) is 0 Å². The second kappa shape index (κ2) is 5.87. The lowest BCUT2D eigenvalue weighted by Crippen LogP contribution is -2.29. The summed E-state index contributed by atoms with van der Waals surface area (Å²) in [5, 5.41) is 0. The van der Waals surface area contributed by atoms with Crippen molar-refractivity contribution in [3.05, 3.63) is 70.3 Å². The van der Waals surface area contributed by atoms with E-state index in [2.05, 4.69) is 5.43 Å². The Kier molecular flexibility index (Phi) is 4.34. The molecule has 0 amide bonds. The first-order valence-electron chi connectivity index (χ1n) is 6.53. The summed E-state index contributed by atoms with van der Waals surface area (Å²) in [6.45, 7) is 3.99. The van der Waals surface area contributed by atoms with Crippen LogP contribution in [0, 0.1) is 13.8 Å². The minimum atomic E-state index is -4.33. The molecule has 2 aromatic rings. The van der Waals surface area contributed by atoms with E-state index in [-0.39, 0.29) is 6.04 Å². The van der Waals surface area contributed by atoms with Gasteiger partial charge in [0.25, 0.3) is 0 Å². The molecule has 1 atom stereocenters. The van der Waals surface area contributed by atoms with Crippen molar-refractivity contribution in [2.45, 2.75) is 26.1 Å². The second-order valence-electron chi connectivity index (χ2n) is 5.06. The quantitative estimate of drug-likeness (QED) is 0.666. The van der Waals surface area contributed by atoms with Crippen molar-refractivity contribution in [1.82, 2.24) is 5.43 Å². The van der Waals surface area contributed by atoms with E-state index in [4.69, 9.17) is 5.84 Å². The fraction of sp³-hybridized carbons (Fsp3) is 0.250. The molecule has 0 heterocycles. The van der Waals surface area contributed by atoms with Gasteiger partial charge in [-0.05, 0) is 48.2 Å². The maximum Gasteiger partial charge on any atom is 0.416 e. The van der Waals surface area contributed by atoms with Crippen LogP contribution in [0.25, 0.3) is 0 Å². The molecule has 112 valence electrons. The number of nitrogens with two attached hydrogens (primary N) is 1. The Balaban J connectivity index is 2.35. The van der Waals surface area contributed by atoms with Gasteiger partial charge in [-0.1, -0.05) is 30.3 Å². The molecular weight excluding hydrogens is 277 g/mol. The molecule has 2 aromatic carbocycles. The fourth-order valence-electron chi connectivity index (χ4n) is 2.19. The summed E-state index contributed by atoms with van der Waals surface area (Å²) >= 11 is 0. The smallest absolute Gasteiger partial charge is 0.271 e. The highest BCUT2D eigenvalue weighted by Gasteiger charge is 2.30. The van der Waals surface area contributed by atoms with E-state index in [0.29, 0.717) is 5.56 Å². The Morgan fingerprint density at radius 1 is 0.905 bits per heavy atom. The fourth-order valence-corrected chi connectivity index (χ4v) is 2.19. The number of aryl methyl sites for hydroxylation is 2. The van der Waals surface area contributed by atoms with Crippen LogP contribution >= 0.6 is 0 Å². The Hall–Kier alpha value is -1.85. The third-order valence-corrected chi connectivity index (χ3v) is 3.60. The molecule has 21 heavy (non-hydrogen) atoms. The summed E-state index contributed by atoms with van der Waals surface area (Å²) in [6, 6.07) is 10.6. The van der Waals surface area contributed by atoms with E-state index in [1.54, 1.807) is 0 Å². The zero-order valence-electron chi connectivity index (χ0n) is 11.8. The van der Waals surface area contributed by atoms with Gasteiger partial charge >= 0.3 is 6.18 Å². The number of hydrazine groups is 1. The first-order valence-corrected chi connectivity index (χ1v) is 6.53. The summed E-state index contributed by atoms with van der Waals surface area (Å²) in [7, 11) is 0. The summed E-state index contributed by atoms with van der Waals surface area (Å²) in [4.78, 5) is 0. The molecule has 0 aromatic heterocycles. The minimum Gasteiger partial charge on any atom is -0.271 e. The third kappa shape index (κ3) is 3.43. The van der Waals surface area contributed by atoms with Gasteiger partial charge in [0, 0.05) is 0 Å². The van der Waals surface area contributed by atoms with Crippen LogP contribution < -0.4 is 11.3 Å². The third-order valence-electron chi connectivity index (χ3n) is 3.60. The van der Waals surface area contributed by atoms with Crippen molar-refractivity contribution < 1.29 is 13.2 Å². The van der Waals surface area contributed by atoms with E-state index in [1.165, 1.54) is 12.1 Å². The van der Waals surface area contributed by atoms with Crippen molar-refractivity contribution in [3.63, 3.8) is 0 Å². The lowest BCUT2D eigenvalue weighted by molar-refractivity contribution is -0.137. The minimum absolute atomic E-state index is 0.341. The Morgan fingerprint density at radius 3 is 1.95 bits per heavy atom. The van der Waals surface area contributed by atoms with Crippen LogP contribution in [0.2, 0.25) is 0 Å². The van der Waals surface area contributed by atoms with Gasteiger partial charge in [0.2, 0.25) is 0 Å². The second-order valence-corrected chi connectivity index (χ2v) is 5.06. The zero-order valence-corrected chi connectivity index (χ0v) is 11.8. The predicted octanol–water partition coefficient (Wildman–Crippen LogP) is 3.87. The van der Waals surface area contributed by atoms with Crippen molar-refractivity contribution in [2.75, 3.05) is 0 Å². The highest BCUT2D eigenvalue weighted by Crippen LogP contribution is 2.31. The molecule has 0 radical (unpaired) electrons. The summed E-state index contributed by atoms with van der Waals surface area (Å²) in [5.74, 6) is 5.58. The van der Waals surface area contributed by atoms with Gasteiger partial charge in [-0.3, -0.25) is 5.84 Å². The van der Waals surface area contributed by atoms with Gasteiger partial charge in [0.15, 0.2) is 0 Å². The standard InChI is InChI=1S/C16H17F3N2/c1-10-3-4-13(9-11(10)2)15(21-20)12-5-7-14(8-6-12)16(17,18)19/h3-9,15,21H,20H2,1-2H3. The topological polar surface area (TPSA) is 38.0 Å². The average molecular weight is 294 g/mol. The monoisotopic (exact) mass is 294 g/mol. The predicted molar refractivity (Wildman–Crippen MR) is 76.5 cm³/mol. The number of hydrogen-bond acceptors (Lipinski definition) is 2. The molecule has 0 saturated heterocycles. The van der Waals surface area contributed by atoms with Crippen LogP contribution in [0.4, 0.5) is 13.2 Å². The van der Waals surface area contributed by atoms with Crippen molar-refractivity contribution in [2.24, 2.45) is 5.84 Å². The van der Waals surface area contributed by atoms with Crippen LogP contribution in [0.3, 0.4) is 0 Å². The Bertz CT molecular complexity index is 618. The molecule has 0 aliphatic heterocycles. The van der Waals surface area contributed by atoms with Gasteiger partial charge < -0.3 is 0 Å². The van der Waals surface area contributed by atoms with Gasteiger partial charge in [0.1, 0.15) is 0 Å². The van der Waals surface area contributed by atoms with E-state index >= 15 is 0 Å². The van der Waals surface area contributed by atoms with Gasteiger partial charge in [-0.25, -0.2) is 5.43 Å². The van der Waals surface area contributed by atoms with E-state index in [9.17, 15) is 13.2 Å². The molecule has 5 heteroatoms. The van der Waals surface area contributed by atoms with Crippen molar-refractivity contribution in [3.8, 4) is 0 Å². The van der Waals surface area contributed by atoms with Crippen LogP contribution in [-0.2, 0) is 6.18 Å². The maximum atomic E-state index is 12.6. The molecular formula is C16H17F3N2. The number of hydrogen-bond donors (Lipinski definition) is 2. The first kappa shape index (κ1) is 15.5. The van der Waals surface area contributed by atoms with Crippen LogP contribution in [0.5, 0.6) is 0 Å². The van der Waals surface area contributed by atoms with Crippen molar-refractivity contribution >= 4 is 0 Å².